The molecule has 1 amide bonds. The number of aromatic carboxylic acids is 1. The number of anilines is 1. The highest BCUT2D eigenvalue weighted by molar-refractivity contribution is 6.03. The van der Waals surface area contributed by atoms with Crippen molar-refractivity contribution in [3.63, 3.8) is 0 Å². The smallest absolute Gasteiger partial charge is 0.337 e. The summed E-state index contributed by atoms with van der Waals surface area (Å²) in [4.78, 5) is 25.2. The molecule has 1 aromatic rings. The van der Waals surface area contributed by atoms with Crippen LogP contribution in [0.2, 0.25) is 0 Å². The Morgan fingerprint density at radius 2 is 1.65 bits per heavy atom. The van der Waals surface area contributed by atoms with Gasteiger partial charge in [-0.15, -0.1) is 0 Å². The van der Waals surface area contributed by atoms with Crippen molar-refractivity contribution in [1.82, 2.24) is 0 Å². The third kappa shape index (κ3) is 2.82. The lowest BCUT2D eigenvalue weighted by atomic mass is 9.74. The molecule has 0 atom stereocenters. The highest BCUT2D eigenvalue weighted by Gasteiger charge is 2.42. The lowest BCUT2D eigenvalue weighted by Gasteiger charge is -2.39. The van der Waals surface area contributed by atoms with Crippen molar-refractivity contribution in [2.24, 2.45) is 11.1 Å². The molecule has 0 radical (unpaired) electrons. The van der Waals surface area contributed by atoms with Crippen LogP contribution in [0.15, 0.2) is 24.3 Å². The molecule has 0 aliphatic carbocycles. The zero-order chi connectivity index (χ0) is 15.7. The second-order valence-corrected chi connectivity index (χ2v) is 6.03. The van der Waals surface area contributed by atoms with Gasteiger partial charge in [-0.1, -0.05) is 12.1 Å². The minimum absolute atomic E-state index is 0.0916. The summed E-state index contributed by atoms with van der Waals surface area (Å²) < 4.78 is 0. The van der Waals surface area contributed by atoms with Gasteiger partial charge in [-0.05, 0) is 39.8 Å². The number of carbonyl (C=O) groups is 2. The van der Waals surface area contributed by atoms with E-state index in [4.69, 9.17) is 5.73 Å². The first kappa shape index (κ1) is 16.2. The molecule has 0 aliphatic rings. The van der Waals surface area contributed by atoms with Crippen LogP contribution < -0.4 is 10.6 Å². The normalized spacial score (nSPS) is 12.1. The number of carbonyl (C=O) groups excluding carboxylic acids is 1. The number of hydrogen-bond acceptors (Lipinski definition) is 3. The Labute approximate surface area is 119 Å². The summed E-state index contributed by atoms with van der Waals surface area (Å²) in [5.41, 5.74) is 4.97. The molecule has 1 rings (SSSR count). The summed E-state index contributed by atoms with van der Waals surface area (Å²) in [5.74, 6) is -1.29. The van der Waals surface area contributed by atoms with Gasteiger partial charge >= 0.3 is 5.97 Å². The lowest BCUT2D eigenvalue weighted by Crippen LogP contribution is -2.56. The van der Waals surface area contributed by atoms with E-state index in [-0.39, 0.29) is 11.5 Å². The van der Waals surface area contributed by atoms with Crippen molar-refractivity contribution >= 4 is 17.6 Å². The average molecular weight is 278 g/mol. The van der Waals surface area contributed by atoms with Gasteiger partial charge in [0, 0.05) is 12.6 Å². The summed E-state index contributed by atoms with van der Waals surface area (Å²) in [5, 5.41) is 9.20. The van der Waals surface area contributed by atoms with Gasteiger partial charge in [0.2, 0.25) is 5.91 Å². The van der Waals surface area contributed by atoms with Crippen LogP contribution in [-0.2, 0) is 4.79 Å². The van der Waals surface area contributed by atoms with E-state index in [1.807, 2.05) is 0 Å². The average Bonchev–Trinajstić information content (AvgIpc) is 2.35. The monoisotopic (exact) mass is 278 g/mol. The number of rotatable bonds is 4. The molecular formula is C15H22N2O3. The third-order valence-electron chi connectivity index (χ3n) is 3.95. The Bertz CT molecular complexity index is 530. The van der Waals surface area contributed by atoms with E-state index in [1.165, 1.54) is 11.0 Å². The van der Waals surface area contributed by atoms with Gasteiger partial charge in [0.1, 0.15) is 0 Å². The van der Waals surface area contributed by atoms with E-state index in [0.717, 1.165) is 0 Å². The molecule has 5 nitrogen and oxygen atoms in total. The first-order valence-corrected chi connectivity index (χ1v) is 6.39. The summed E-state index contributed by atoms with van der Waals surface area (Å²) >= 11 is 0. The van der Waals surface area contributed by atoms with Crippen LogP contribution in [0.5, 0.6) is 0 Å². The number of carboxylic acids is 1. The molecular weight excluding hydrogens is 256 g/mol. The molecule has 3 N–H and O–H groups in total. The Morgan fingerprint density at radius 3 is 2.10 bits per heavy atom. The van der Waals surface area contributed by atoms with Crippen LogP contribution in [-0.4, -0.2) is 29.6 Å². The molecule has 0 heterocycles. The Kier molecular flexibility index (Phi) is 4.24. The summed E-state index contributed by atoms with van der Waals surface area (Å²) in [6.07, 6.45) is 0. The van der Waals surface area contributed by atoms with E-state index in [0.29, 0.717) is 5.69 Å². The van der Waals surface area contributed by atoms with E-state index in [9.17, 15) is 14.7 Å². The molecule has 0 saturated carbocycles. The second kappa shape index (κ2) is 5.25. The van der Waals surface area contributed by atoms with Gasteiger partial charge in [0.15, 0.2) is 0 Å². The van der Waals surface area contributed by atoms with E-state index < -0.39 is 16.9 Å². The lowest BCUT2D eigenvalue weighted by molar-refractivity contribution is -0.129. The highest BCUT2D eigenvalue weighted by Crippen LogP contribution is 2.32. The van der Waals surface area contributed by atoms with Gasteiger partial charge in [0.05, 0.1) is 16.7 Å². The molecule has 0 bridgehead atoms. The maximum absolute atomic E-state index is 12.6. The van der Waals surface area contributed by atoms with Gasteiger partial charge in [0.25, 0.3) is 0 Å². The number of carboxylic acid groups (broad SMARTS) is 1. The molecule has 0 aliphatic heterocycles. The van der Waals surface area contributed by atoms with Crippen LogP contribution >= 0.6 is 0 Å². The molecule has 0 spiro atoms. The van der Waals surface area contributed by atoms with Crippen LogP contribution in [0.1, 0.15) is 38.1 Å². The van der Waals surface area contributed by atoms with E-state index in [2.05, 4.69) is 0 Å². The molecule has 0 saturated heterocycles. The number of benzene rings is 1. The van der Waals surface area contributed by atoms with Crippen molar-refractivity contribution in [2.75, 3.05) is 11.9 Å². The van der Waals surface area contributed by atoms with Crippen molar-refractivity contribution < 1.29 is 14.7 Å². The third-order valence-corrected chi connectivity index (χ3v) is 3.95. The molecule has 0 fully saturated rings. The fourth-order valence-corrected chi connectivity index (χ4v) is 1.75. The quantitative estimate of drug-likeness (QED) is 0.883. The van der Waals surface area contributed by atoms with E-state index >= 15 is 0 Å². The fraction of sp³-hybridized carbons (Fsp3) is 0.467. The largest absolute Gasteiger partial charge is 0.478 e. The molecule has 110 valence electrons. The maximum atomic E-state index is 12.6. The van der Waals surface area contributed by atoms with Gasteiger partial charge < -0.3 is 15.7 Å². The van der Waals surface area contributed by atoms with Gasteiger partial charge in [-0.3, -0.25) is 4.79 Å². The Hall–Kier alpha value is -1.88. The van der Waals surface area contributed by atoms with Gasteiger partial charge in [-0.25, -0.2) is 4.79 Å². The second-order valence-electron chi connectivity index (χ2n) is 6.03. The number of para-hydroxylation sites is 1. The number of amides is 1. The molecule has 5 heteroatoms. The zero-order valence-electron chi connectivity index (χ0n) is 12.6. The summed E-state index contributed by atoms with van der Waals surface area (Å²) in [7, 11) is 1.57. The van der Waals surface area contributed by atoms with Crippen LogP contribution in [0.3, 0.4) is 0 Å². The zero-order valence-corrected chi connectivity index (χ0v) is 12.6. The fourth-order valence-electron chi connectivity index (χ4n) is 1.75. The number of nitrogens with two attached hydrogens (primary N) is 1. The molecule has 0 unspecified atom stereocenters. The molecule has 20 heavy (non-hydrogen) atoms. The Morgan fingerprint density at radius 1 is 1.15 bits per heavy atom. The SMILES string of the molecule is CN(C(=O)C(C)(C)C(C)(C)N)c1ccccc1C(=O)O. The molecule has 1 aromatic carbocycles. The van der Waals surface area contributed by atoms with Crippen LogP contribution in [0.25, 0.3) is 0 Å². The van der Waals surface area contributed by atoms with Crippen molar-refractivity contribution in [3.8, 4) is 0 Å². The highest BCUT2D eigenvalue weighted by atomic mass is 16.4. The van der Waals surface area contributed by atoms with Crippen LogP contribution in [0, 0.1) is 5.41 Å². The molecule has 0 aromatic heterocycles. The standard InChI is InChI=1S/C15H22N2O3/c1-14(2,15(3,4)16)13(20)17(5)11-9-7-6-8-10(11)12(18)19/h6-9H,16H2,1-5H3,(H,18,19). The van der Waals surface area contributed by atoms with Crippen LogP contribution in [0.4, 0.5) is 5.69 Å². The first-order chi connectivity index (χ1) is 9.00. The minimum Gasteiger partial charge on any atom is -0.478 e. The summed E-state index contributed by atoms with van der Waals surface area (Å²) in [6.45, 7) is 7.08. The van der Waals surface area contributed by atoms with Crippen molar-refractivity contribution in [3.05, 3.63) is 29.8 Å². The van der Waals surface area contributed by atoms with E-state index in [1.54, 1.807) is 52.9 Å². The van der Waals surface area contributed by atoms with Crippen molar-refractivity contribution in [1.29, 1.82) is 0 Å². The first-order valence-electron chi connectivity index (χ1n) is 6.39. The predicted octanol–water partition coefficient (Wildman–Crippen LogP) is 2.11. The Balaban J connectivity index is 3.23. The number of nitrogens with zero attached hydrogens (tertiary/aromatic N) is 1. The van der Waals surface area contributed by atoms with Crippen molar-refractivity contribution in [2.45, 2.75) is 33.2 Å². The van der Waals surface area contributed by atoms with Gasteiger partial charge in [-0.2, -0.15) is 0 Å². The minimum atomic E-state index is -1.06. The topological polar surface area (TPSA) is 83.6 Å². The predicted molar refractivity (Wildman–Crippen MR) is 78.9 cm³/mol. The number of hydrogen-bond donors (Lipinski definition) is 2. The maximum Gasteiger partial charge on any atom is 0.337 e. The summed E-state index contributed by atoms with van der Waals surface area (Å²) in [6, 6.07) is 6.42.